The van der Waals surface area contributed by atoms with Crippen LogP contribution in [0.4, 0.5) is 5.69 Å². The number of carbonyl (C=O) groups is 2. The first-order valence-corrected chi connectivity index (χ1v) is 17.3. The Labute approximate surface area is 283 Å². The quantitative estimate of drug-likeness (QED) is 0.232. The van der Waals surface area contributed by atoms with E-state index in [0.29, 0.717) is 16.0 Å². The molecular weight excluding hydrogens is 604 g/mol. The van der Waals surface area contributed by atoms with E-state index in [-0.39, 0.29) is 23.3 Å². The summed E-state index contributed by atoms with van der Waals surface area (Å²) in [5.41, 5.74) is 5.94. The molecule has 2 aliphatic heterocycles. The van der Waals surface area contributed by atoms with Crippen LogP contribution in [-0.2, 0) is 11.2 Å². The first-order chi connectivity index (χ1) is 22.7. The SMILES string of the molecule is CC1(C)Cc2ccc(C(=O)N3CCC4(CC3)CCN(c3ccncc3)CC4)cc2C1NC(=O)C(c1ccccc1)c1ccccc1Cl. The van der Waals surface area contributed by atoms with Crippen LogP contribution in [0, 0.1) is 10.8 Å². The van der Waals surface area contributed by atoms with Gasteiger partial charge in [-0.05, 0) is 95.5 Å². The highest BCUT2D eigenvalue weighted by Crippen LogP contribution is 2.47. The van der Waals surface area contributed by atoms with Crippen LogP contribution in [0.2, 0.25) is 5.02 Å². The Morgan fingerprint density at radius 3 is 2.21 bits per heavy atom. The number of benzene rings is 3. The molecule has 3 heterocycles. The third kappa shape index (κ3) is 6.28. The molecule has 0 radical (unpaired) electrons. The van der Waals surface area contributed by atoms with E-state index in [1.54, 1.807) is 0 Å². The molecule has 7 rings (SSSR count). The minimum Gasteiger partial charge on any atom is -0.371 e. The predicted octanol–water partition coefficient (Wildman–Crippen LogP) is 7.83. The number of nitrogens with one attached hydrogen (secondary N) is 1. The van der Waals surface area contributed by atoms with Crippen LogP contribution in [0.1, 0.15) is 84.1 Å². The molecule has 6 nitrogen and oxygen atoms in total. The standard InChI is InChI=1S/C40H43ClN4O2/c1-39(2)27-30-13-12-29(38(47)45-24-18-40(19-25-45)16-22-44(23-17-40)31-14-20-42-21-15-31)26-33(30)36(39)43-37(46)35(28-8-4-3-5-9-28)32-10-6-7-11-34(32)41/h3-15,20-21,26,35-36H,16-19,22-25,27H2,1-2H3,(H,43,46). The fourth-order valence-corrected chi connectivity index (χ4v) is 8.40. The van der Waals surface area contributed by atoms with Gasteiger partial charge in [-0.2, -0.15) is 0 Å². The second-order valence-corrected chi connectivity index (χ2v) is 14.8. The van der Waals surface area contributed by atoms with Crippen LogP contribution in [0.3, 0.4) is 0 Å². The zero-order valence-corrected chi connectivity index (χ0v) is 28.0. The summed E-state index contributed by atoms with van der Waals surface area (Å²) in [5.74, 6) is -0.556. The van der Waals surface area contributed by atoms with Gasteiger partial charge in [-0.25, -0.2) is 0 Å². The number of hydrogen-bond acceptors (Lipinski definition) is 4. The zero-order chi connectivity index (χ0) is 32.6. The molecule has 1 aliphatic carbocycles. The molecule has 2 unspecified atom stereocenters. The first-order valence-electron chi connectivity index (χ1n) is 16.9. The summed E-state index contributed by atoms with van der Waals surface area (Å²) in [6, 6.07) is 27.4. The summed E-state index contributed by atoms with van der Waals surface area (Å²) >= 11 is 6.65. The Kier molecular flexibility index (Phi) is 8.56. The van der Waals surface area contributed by atoms with Gasteiger partial charge in [-0.3, -0.25) is 14.6 Å². The van der Waals surface area contributed by atoms with E-state index in [0.717, 1.165) is 75.0 Å². The van der Waals surface area contributed by atoms with Crippen molar-refractivity contribution in [1.82, 2.24) is 15.2 Å². The lowest BCUT2D eigenvalue weighted by Crippen LogP contribution is -2.48. The highest BCUT2D eigenvalue weighted by Gasteiger charge is 2.43. The van der Waals surface area contributed by atoms with Crippen LogP contribution < -0.4 is 10.2 Å². The van der Waals surface area contributed by atoms with E-state index in [1.807, 2.05) is 84.0 Å². The van der Waals surface area contributed by atoms with Gasteiger partial charge < -0.3 is 15.1 Å². The second-order valence-electron chi connectivity index (χ2n) is 14.4. The number of pyridine rings is 1. The molecule has 3 aliphatic rings. The minimum absolute atomic E-state index is 0.0879. The monoisotopic (exact) mass is 646 g/mol. The fourth-order valence-electron chi connectivity index (χ4n) is 8.16. The van der Waals surface area contributed by atoms with E-state index < -0.39 is 5.92 Å². The summed E-state index contributed by atoms with van der Waals surface area (Å²) in [5, 5.41) is 3.99. The van der Waals surface area contributed by atoms with Crippen molar-refractivity contribution in [2.45, 2.75) is 57.9 Å². The van der Waals surface area contributed by atoms with Crippen molar-refractivity contribution >= 4 is 29.1 Å². The van der Waals surface area contributed by atoms with Gasteiger partial charge in [0, 0.05) is 54.8 Å². The Balaban J connectivity index is 1.06. The third-order valence-corrected chi connectivity index (χ3v) is 11.3. The maximum Gasteiger partial charge on any atom is 0.253 e. The van der Waals surface area contributed by atoms with Crippen LogP contribution in [0.15, 0.2) is 97.3 Å². The largest absolute Gasteiger partial charge is 0.371 e. The molecule has 7 heteroatoms. The number of carbonyl (C=O) groups excluding carboxylic acids is 2. The number of nitrogens with zero attached hydrogens (tertiary/aromatic N) is 3. The number of rotatable bonds is 6. The van der Waals surface area contributed by atoms with Crippen molar-refractivity contribution in [3.63, 3.8) is 0 Å². The normalized spacial score (nSPS) is 20.4. The molecule has 1 aromatic heterocycles. The number of anilines is 1. The molecule has 1 spiro atoms. The minimum atomic E-state index is -0.549. The van der Waals surface area contributed by atoms with Crippen molar-refractivity contribution in [2.75, 3.05) is 31.1 Å². The highest BCUT2D eigenvalue weighted by atomic mass is 35.5. The lowest BCUT2D eigenvalue weighted by molar-refractivity contribution is -0.123. The summed E-state index contributed by atoms with van der Waals surface area (Å²) in [6.45, 7) is 8.05. The average molecular weight is 647 g/mol. The smallest absolute Gasteiger partial charge is 0.253 e. The van der Waals surface area contributed by atoms with E-state index in [2.05, 4.69) is 47.2 Å². The maximum absolute atomic E-state index is 14.2. The molecule has 4 aromatic rings. The Morgan fingerprint density at radius 1 is 0.851 bits per heavy atom. The number of piperidine rings is 2. The van der Waals surface area contributed by atoms with Crippen molar-refractivity contribution in [3.8, 4) is 0 Å². The van der Waals surface area contributed by atoms with E-state index in [1.165, 1.54) is 11.3 Å². The van der Waals surface area contributed by atoms with Gasteiger partial charge >= 0.3 is 0 Å². The van der Waals surface area contributed by atoms with Gasteiger partial charge in [-0.15, -0.1) is 0 Å². The Morgan fingerprint density at radius 2 is 1.51 bits per heavy atom. The number of fused-ring (bicyclic) bond motifs is 1. The predicted molar refractivity (Wildman–Crippen MR) is 188 cm³/mol. The van der Waals surface area contributed by atoms with Crippen molar-refractivity contribution in [3.05, 3.63) is 130 Å². The molecule has 2 saturated heterocycles. The Hall–Kier alpha value is -4.16. The number of aromatic nitrogens is 1. The van der Waals surface area contributed by atoms with Gasteiger partial charge in [-0.1, -0.05) is 80.0 Å². The number of amides is 2. The van der Waals surface area contributed by atoms with E-state index in [4.69, 9.17) is 11.6 Å². The molecule has 0 bridgehead atoms. The number of halogens is 1. The average Bonchev–Trinajstić information content (AvgIpc) is 3.35. The molecular formula is C40H43ClN4O2. The topological polar surface area (TPSA) is 65.5 Å². The summed E-state index contributed by atoms with van der Waals surface area (Å²) in [6.07, 6.45) is 8.96. The lowest BCUT2D eigenvalue weighted by atomic mass is 9.71. The lowest BCUT2D eigenvalue weighted by Gasteiger charge is -2.47. The maximum atomic E-state index is 14.2. The molecule has 1 N–H and O–H groups in total. The molecule has 47 heavy (non-hydrogen) atoms. The fraction of sp³-hybridized carbons (Fsp3) is 0.375. The third-order valence-electron chi connectivity index (χ3n) is 11.0. The number of likely N-dealkylation sites (tertiary alicyclic amines) is 1. The van der Waals surface area contributed by atoms with Gasteiger partial charge in [0.2, 0.25) is 5.91 Å². The van der Waals surface area contributed by atoms with Gasteiger partial charge in [0.05, 0.1) is 12.0 Å². The van der Waals surface area contributed by atoms with Gasteiger partial charge in [0.25, 0.3) is 5.91 Å². The molecule has 2 amide bonds. The molecule has 2 atom stereocenters. The number of hydrogen-bond donors (Lipinski definition) is 1. The second kappa shape index (κ2) is 12.8. The van der Waals surface area contributed by atoms with E-state index in [9.17, 15) is 9.59 Å². The molecule has 3 aromatic carbocycles. The van der Waals surface area contributed by atoms with Crippen LogP contribution in [-0.4, -0.2) is 47.9 Å². The molecule has 2 fully saturated rings. The van der Waals surface area contributed by atoms with Crippen molar-refractivity contribution in [2.24, 2.45) is 10.8 Å². The molecule has 0 saturated carbocycles. The van der Waals surface area contributed by atoms with Crippen LogP contribution in [0.5, 0.6) is 0 Å². The van der Waals surface area contributed by atoms with Crippen molar-refractivity contribution in [1.29, 1.82) is 0 Å². The van der Waals surface area contributed by atoms with Gasteiger partial charge in [0.1, 0.15) is 0 Å². The summed E-state index contributed by atoms with van der Waals surface area (Å²) < 4.78 is 0. The summed E-state index contributed by atoms with van der Waals surface area (Å²) in [4.78, 5) is 36.8. The zero-order valence-electron chi connectivity index (χ0n) is 27.3. The van der Waals surface area contributed by atoms with E-state index >= 15 is 0 Å². The van der Waals surface area contributed by atoms with Crippen LogP contribution in [0.25, 0.3) is 0 Å². The Bertz CT molecular complexity index is 1740. The molecule has 242 valence electrons. The van der Waals surface area contributed by atoms with Gasteiger partial charge in [0.15, 0.2) is 0 Å². The van der Waals surface area contributed by atoms with Crippen LogP contribution >= 0.6 is 11.6 Å². The summed E-state index contributed by atoms with van der Waals surface area (Å²) in [7, 11) is 0. The first kappa shape index (κ1) is 31.4. The highest BCUT2D eigenvalue weighted by molar-refractivity contribution is 6.31. The van der Waals surface area contributed by atoms with Crippen molar-refractivity contribution < 1.29 is 9.59 Å².